The smallest absolute Gasteiger partial charge is 0.226 e. The van der Waals surface area contributed by atoms with E-state index in [0.29, 0.717) is 18.7 Å². The van der Waals surface area contributed by atoms with Gasteiger partial charge in [0.15, 0.2) is 9.84 Å². The SMILES string of the molecule is Cc1cc(NC(=O)CC(C)(C)C)n(C2CCS(=O)(=O)C2)n1. The molecule has 6 nitrogen and oxygen atoms in total. The van der Waals surface area contributed by atoms with E-state index in [9.17, 15) is 13.2 Å². The Balaban J connectivity index is 2.16. The van der Waals surface area contributed by atoms with Crippen LogP contribution in [0, 0.1) is 12.3 Å². The van der Waals surface area contributed by atoms with E-state index >= 15 is 0 Å². The summed E-state index contributed by atoms with van der Waals surface area (Å²) in [6, 6.07) is 1.60. The van der Waals surface area contributed by atoms with Gasteiger partial charge in [0.05, 0.1) is 23.2 Å². The molecule has 1 aromatic heterocycles. The Hall–Kier alpha value is -1.37. The third-order valence-corrected chi connectivity index (χ3v) is 5.12. The Labute approximate surface area is 125 Å². The number of sulfone groups is 1. The fraction of sp³-hybridized carbons (Fsp3) is 0.714. The van der Waals surface area contributed by atoms with E-state index in [4.69, 9.17) is 0 Å². The van der Waals surface area contributed by atoms with Gasteiger partial charge in [-0.1, -0.05) is 20.8 Å². The average Bonchev–Trinajstić information content (AvgIpc) is 2.79. The van der Waals surface area contributed by atoms with Gasteiger partial charge in [-0.2, -0.15) is 5.10 Å². The van der Waals surface area contributed by atoms with E-state index in [1.807, 2.05) is 27.7 Å². The monoisotopic (exact) mass is 313 g/mol. The Kier molecular flexibility index (Phi) is 4.15. The number of aromatic nitrogens is 2. The largest absolute Gasteiger partial charge is 0.311 e. The molecule has 1 amide bonds. The van der Waals surface area contributed by atoms with Crippen LogP contribution in [0.3, 0.4) is 0 Å². The third kappa shape index (κ3) is 4.30. The molecule has 0 spiro atoms. The van der Waals surface area contributed by atoms with Gasteiger partial charge in [0.2, 0.25) is 5.91 Å². The van der Waals surface area contributed by atoms with E-state index in [2.05, 4.69) is 10.4 Å². The lowest BCUT2D eigenvalue weighted by molar-refractivity contribution is -0.117. The minimum absolute atomic E-state index is 0.0792. The van der Waals surface area contributed by atoms with Crippen molar-refractivity contribution in [1.82, 2.24) is 9.78 Å². The first-order valence-electron chi connectivity index (χ1n) is 7.12. The molecule has 1 fully saturated rings. The summed E-state index contributed by atoms with van der Waals surface area (Å²) in [5.74, 6) is 0.788. The second-order valence-electron chi connectivity index (χ2n) is 6.96. The number of hydrogen-bond acceptors (Lipinski definition) is 4. The summed E-state index contributed by atoms with van der Waals surface area (Å²) in [5.41, 5.74) is 0.672. The number of hydrogen-bond donors (Lipinski definition) is 1. The molecule has 0 bridgehead atoms. The predicted molar refractivity (Wildman–Crippen MR) is 82.0 cm³/mol. The normalized spacial score (nSPS) is 21.4. The van der Waals surface area contributed by atoms with Crippen LogP contribution in [0.5, 0.6) is 0 Å². The number of amides is 1. The zero-order valence-corrected chi connectivity index (χ0v) is 13.8. The lowest BCUT2D eigenvalue weighted by Crippen LogP contribution is -2.23. The molecule has 1 saturated heterocycles. The number of nitrogens with one attached hydrogen (secondary N) is 1. The molecule has 1 atom stereocenters. The van der Waals surface area contributed by atoms with Gasteiger partial charge in [-0.15, -0.1) is 0 Å². The van der Waals surface area contributed by atoms with Gasteiger partial charge in [0, 0.05) is 12.5 Å². The van der Waals surface area contributed by atoms with Crippen molar-refractivity contribution in [1.29, 1.82) is 0 Å². The Bertz CT molecular complexity index is 641. The molecule has 1 aliphatic heterocycles. The van der Waals surface area contributed by atoms with E-state index < -0.39 is 9.84 Å². The van der Waals surface area contributed by atoms with E-state index in [1.165, 1.54) is 0 Å². The van der Waals surface area contributed by atoms with Gasteiger partial charge in [-0.3, -0.25) is 4.79 Å². The zero-order valence-electron chi connectivity index (χ0n) is 13.0. The van der Waals surface area contributed by atoms with Crippen LogP contribution < -0.4 is 5.32 Å². The Morgan fingerprint density at radius 1 is 1.48 bits per heavy atom. The molecule has 0 saturated carbocycles. The number of aryl methyl sites for hydroxylation is 1. The molecule has 118 valence electrons. The van der Waals surface area contributed by atoms with Crippen LogP contribution in [0.2, 0.25) is 0 Å². The van der Waals surface area contributed by atoms with Gasteiger partial charge in [0.25, 0.3) is 0 Å². The van der Waals surface area contributed by atoms with Crippen molar-refractivity contribution in [2.24, 2.45) is 5.41 Å². The van der Waals surface area contributed by atoms with Gasteiger partial charge < -0.3 is 5.32 Å². The molecule has 7 heteroatoms. The van der Waals surface area contributed by atoms with Crippen molar-refractivity contribution < 1.29 is 13.2 Å². The van der Waals surface area contributed by atoms with Crippen molar-refractivity contribution >= 4 is 21.6 Å². The topological polar surface area (TPSA) is 81.1 Å². The highest BCUT2D eigenvalue weighted by atomic mass is 32.2. The first-order valence-corrected chi connectivity index (χ1v) is 8.94. The number of anilines is 1. The van der Waals surface area contributed by atoms with E-state index in [-0.39, 0.29) is 28.9 Å². The first kappa shape index (κ1) is 16.0. The Morgan fingerprint density at radius 3 is 2.67 bits per heavy atom. The summed E-state index contributed by atoms with van der Waals surface area (Å²) in [6.45, 7) is 7.83. The summed E-state index contributed by atoms with van der Waals surface area (Å²) in [6.07, 6.45) is 0.950. The van der Waals surface area contributed by atoms with Crippen LogP contribution in [0.1, 0.15) is 45.3 Å². The van der Waals surface area contributed by atoms with Crippen molar-refractivity contribution in [3.8, 4) is 0 Å². The maximum Gasteiger partial charge on any atom is 0.226 e. The summed E-state index contributed by atoms with van der Waals surface area (Å²) < 4.78 is 24.9. The molecule has 0 aliphatic carbocycles. The molecular weight excluding hydrogens is 290 g/mol. The number of carbonyl (C=O) groups is 1. The second kappa shape index (κ2) is 5.44. The third-order valence-electron chi connectivity index (χ3n) is 3.37. The zero-order chi connectivity index (χ0) is 15.8. The van der Waals surface area contributed by atoms with Crippen molar-refractivity contribution in [2.75, 3.05) is 16.8 Å². The van der Waals surface area contributed by atoms with Crippen LogP contribution in [-0.4, -0.2) is 35.6 Å². The fourth-order valence-electron chi connectivity index (χ4n) is 2.53. The standard InChI is InChI=1S/C14H23N3O3S/c1-10-7-12(15-13(18)8-14(2,3)4)17(16-10)11-5-6-21(19,20)9-11/h7,11H,5-6,8-9H2,1-4H3,(H,15,18). The molecule has 2 rings (SSSR count). The maximum absolute atomic E-state index is 12.1. The highest BCUT2D eigenvalue weighted by Gasteiger charge is 2.31. The number of rotatable bonds is 3. The molecule has 21 heavy (non-hydrogen) atoms. The molecule has 1 unspecified atom stereocenters. The molecular formula is C14H23N3O3S. The van der Waals surface area contributed by atoms with E-state index in [1.54, 1.807) is 10.7 Å². The van der Waals surface area contributed by atoms with Crippen molar-refractivity contribution in [3.63, 3.8) is 0 Å². The summed E-state index contributed by atoms with van der Waals surface area (Å²) >= 11 is 0. The van der Waals surface area contributed by atoms with Crippen molar-refractivity contribution in [3.05, 3.63) is 11.8 Å². The molecule has 0 aromatic carbocycles. The molecule has 1 N–H and O–H groups in total. The minimum Gasteiger partial charge on any atom is -0.311 e. The first-order chi connectivity index (χ1) is 9.56. The lowest BCUT2D eigenvalue weighted by atomic mass is 9.92. The summed E-state index contributed by atoms with van der Waals surface area (Å²) in [5, 5.41) is 7.20. The summed E-state index contributed by atoms with van der Waals surface area (Å²) in [4.78, 5) is 12.1. The Morgan fingerprint density at radius 2 is 2.14 bits per heavy atom. The highest BCUT2D eigenvalue weighted by Crippen LogP contribution is 2.27. The quantitative estimate of drug-likeness (QED) is 0.924. The van der Waals surface area contributed by atoms with Crippen molar-refractivity contribution in [2.45, 2.75) is 46.6 Å². The average molecular weight is 313 g/mol. The van der Waals surface area contributed by atoms with Gasteiger partial charge in [0.1, 0.15) is 5.82 Å². The molecule has 2 heterocycles. The lowest BCUT2D eigenvalue weighted by Gasteiger charge is -2.18. The number of nitrogens with zero attached hydrogens (tertiary/aromatic N) is 2. The molecule has 1 aliphatic rings. The molecule has 0 radical (unpaired) electrons. The van der Waals surface area contributed by atoms with Gasteiger partial charge >= 0.3 is 0 Å². The number of carbonyl (C=O) groups excluding carboxylic acids is 1. The van der Waals surface area contributed by atoms with Crippen LogP contribution in [0.4, 0.5) is 5.82 Å². The minimum atomic E-state index is -2.98. The maximum atomic E-state index is 12.1. The van der Waals surface area contributed by atoms with Gasteiger partial charge in [-0.25, -0.2) is 13.1 Å². The second-order valence-corrected chi connectivity index (χ2v) is 9.19. The highest BCUT2D eigenvalue weighted by molar-refractivity contribution is 7.91. The van der Waals surface area contributed by atoms with E-state index in [0.717, 1.165) is 5.69 Å². The summed E-state index contributed by atoms with van der Waals surface area (Å²) in [7, 11) is -2.98. The van der Waals surface area contributed by atoms with Crippen LogP contribution in [-0.2, 0) is 14.6 Å². The van der Waals surface area contributed by atoms with Crippen LogP contribution in [0.25, 0.3) is 0 Å². The fourth-order valence-corrected chi connectivity index (χ4v) is 4.22. The predicted octanol–water partition coefficient (Wildman–Crippen LogP) is 1.93. The van der Waals surface area contributed by atoms with Crippen LogP contribution >= 0.6 is 0 Å². The molecule has 1 aromatic rings. The van der Waals surface area contributed by atoms with Gasteiger partial charge in [-0.05, 0) is 18.8 Å². The van der Waals surface area contributed by atoms with Crippen LogP contribution in [0.15, 0.2) is 6.07 Å².